The van der Waals surface area contributed by atoms with Gasteiger partial charge in [0, 0.05) is 21.2 Å². The summed E-state index contributed by atoms with van der Waals surface area (Å²) in [6.45, 7) is 4.74. The van der Waals surface area contributed by atoms with Crippen LogP contribution in [0.3, 0.4) is 0 Å². The van der Waals surface area contributed by atoms with Crippen molar-refractivity contribution in [3.63, 3.8) is 0 Å². The summed E-state index contributed by atoms with van der Waals surface area (Å²) in [5.41, 5.74) is 6.43. The van der Waals surface area contributed by atoms with Crippen LogP contribution in [0.2, 0.25) is 0 Å². The topological polar surface area (TPSA) is 26.0 Å². The van der Waals surface area contributed by atoms with E-state index in [2.05, 4.69) is 54.0 Å². The molecule has 1 aromatic rings. The molecule has 1 aliphatic rings. The van der Waals surface area contributed by atoms with E-state index in [0.717, 1.165) is 22.1 Å². The van der Waals surface area contributed by atoms with Gasteiger partial charge in [-0.05, 0) is 55.2 Å². The molecule has 0 bridgehead atoms. The van der Waals surface area contributed by atoms with Crippen molar-refractivity contribution >= 4 is 27.7 Å². The zero-order chi connectivity index (χ0) is 13.8. The fourth-order valence-corrected chi connectivity index (χ4v) is 4.84. The third-order valence-corrected chi connectivity index (χ3v) is 5.69. The molecule has 0 aromatic heterocycles. The van der Waals surface area contributed by atoms with Crippen LogP contribution in [0.4, 0.5) is 0 Å². The van der Waals surface area contributed by atoms with Crippen molar-refractivity contribution < 1.29 is 0 Å². The van der Waals surface area contributed by atoms with Gasteiger partial charge in [-0.2, -0.15) is 0 Å². The van der Waals surface area contributed by atoms with Crippen LogP contribution < -0.4 is 5.73 Å². The molecule has 106 valence electrons. The molecule has 0 saturated heterocycles. The van der Waals surface area contributed by atoms with Crippen molar-refractivity contribution in [2.45, 2.75) is 44.0 Å². The first kappa shape index (κ1) is 15.4. The molecule has 1 saturated carbocycles. The van der Waals surface area contributed by atoms with Crippen molar-refractivity contribution in [1.29, 1.82) is 0 Å². The van der Waals surface area contributed by atoms with Crippen LogP contribution in [0.15, 0.2) is 33.6 Å². The van der Waals surface area contributed by atoms with E-state index in [9.17, 15) is 0 Å². The molecule has 0 spiro atoms. The van der Waals surface area contributed by atoms with Gasteiger partial charge < -0.3 is 5.73 Å². The third-order valence-electron chi connectivity index (χ3n) is 4.06. The Hall–Kier alpha value is 0.01000. The minimum atomic E-state index is 0.328. The van der Waals surface area contributed by atoms with E-state index < -0.39 is 0 Å². The lowest BCUT2D eigenvalue weighted by atomic mass is 9.74. The Morgan fingerprint density at radius 3 is 2.58 bits per heavy atom. The maximum Gasteiger partial charge on any atom is 0.0186 e. The Morgan fingerprint density at radius 1 is 1.26 bits per heavy atom. The van der Waals surface area contributed by atoms with Gasteiger partial charge in [-0.3, -0.25) is 0 Å². The fourth-order valence-electron chi connectivity index (χ4n) is 3.24. The van der Waals surface area contributed by atoms with Crippen molar-refractivity contribution in [3.05, 3.63) is 28.7 Å². The van der Waals surface area contributed by atoms with Crippen LogP contribution in [0.5, 0.6) is 0 Å². The van der Waals surface area contributed by atoms with E-state index in [1.54, 1.807) is 0 Å². The highest BCUT2D eigenvalue weighted by Crippen LogP contribution is 2.35. The normalized spacial score (nSPS) is 29.2. The Kier molecular flexibility index (Phi) is 5.79. The lowest BCUT2D eigenvalue weighted by molar-refractivity contribution is 0.200. The first-order chi connectivity index (χ1) is 9.04. The van der Waals surface area contributed by atoms with Crippen LogP contribution in [0.25, 0.3) is 0 Å². The second kappa shape index (κ2) is 7.14. The third kappa shape index (κ3) is 4.80. The van der Waals surface area contributed by atoms with Gasteiger partial charge >= 0.3 is 0 Å². The largest absolute Gasteiger partial charge is 0.327 e. The standard InChI is InChI=1S/C16H24BrNS/c1-11-6-12(2)8-13(7-11)16(18)10-19-15-5-3-4-14(17)9-15/h3-5,9,11-13,16H,6-8,10,18H2,1-2H3. The number of halogens is 1. The molecule has 3 atom stereocenters. The SMILES string of the molecule is CC1CC(C)CC(C(N)CSc2cccc(Br)c2)C1. The second-order valence-corrected chi connectivity index (χ2v) is 8.12. The fraction of sp³-hybridized carbons (Fsp3) is 0.625. The van der Waals surface area contributed by atoms with Gasteiger partial charge in [0.25, 0.3) is 0 Å². The van der Waals surface area contributed by atoms with Crippen LogP contribution in [0.1, 0.15) is 33.1 Å². The molecule has 0 radical (unpaired) electrons. The Balaban J connectivity index is 1.85. The van der Waals surface area contributed by atoms with E-state index >= 15 is 0 Å². The summed E-state index contributed by atoms with van der Waals surface area (Å²) in [5, 5.41) is 0. The minimum absolute atomic E-state index is 0.328. The predicted molar refractivity (Wildman–Crippen MR) is 88.5 cm³/mol. The van der Waals surface area contributed by atoms with E-state index in [1.807, 2.05) is 11.8 Å². The van der Waals surface area contributed by atoms with E-state index in [0.29, 0.717) is 12.0 Å². The summed E-state index contributed by atoms with van der Waals surface area (Å²) in [4.78, 5) is 1.31. The van der Waals surface area contributed by atoms with Gasteiger partial charge in [-0.1, -0.05) is 35.8 Å². The second-order valence-electron chi connectivity index (χ2n) is 6.11. The van der Waals surface area contributed by atoms with E-state index in [1.165, 1.54) is 24.2 Å². The number of hydrogen-bond acceptors (Lipinski definition) is 2. The number of thioether (sulfide) groups is 1. The Bertz CT molecular complexity index is 399. The molecule has 3 unspecified atom stereocenters. The van der Waals surface area contributed by atoms with Gasteiger partial charge in [-0.25, -0.2) is 0 Å². The summed E-state index contributed by atoms with van der Waals surface area (Å²) in [6.07, 6.45) is 4.00. The van der Waals surface area contributed by atoms with Gasteiger partial charge in [-0.15, -0.1) is 11.8 Å². The molecule has 1 fully saturated rings. The van der Waals surface area contributed by atoms with E-state index in [4.69, 9.17) is 5.73 Å². The molecule has 0 amide bonds. The van der Waals surface area contributed by atoms with Crippen LogP contribution >= 0.6 is 27.7 Å². The van der Waals surface area contributed by atoms with Crippen molar-refractivity contribution in [1.82, 2.24) is 0 Å². The Morgan fingerprint density at radius 2 is 1.95 bits per heavy atom. The number of hydrogen-bond donors (Lipinski definition) is 1. The average molecular weight is 342 g/mol. The summed E-state index contributed by atoms with van der Waals surface area (Å²) >= 11 is 5.40. The van der Waals surface area contributed by atoms with Crippen molar-refractivity contribution in [2.24, 2.45) is 23.5 Å². The predicted octanol–water partition coefficient (Wildman–Crippen LogP) is 4.94. The van der Waals surface area contributed by atoms with Crippen LogP contribution in [0, 0.1) is 17.8 Å². The highest BCUT2D eigenvalue weighted by molar-refractivity contribution is 9.10. The first-order valence-electron chi connectivity index (χ1n) is 7.18. The maximum absolute atomic E-state index is 6.43. The van der Waals surface area contributed by atoms with Crippen molar-refractivity contribution in [3.8, 4) is 0 Å². The molecule has 0 heterocycles. The van der Waals surface area contributed by atoms with Gasteiger partial charge in [0.05, 0.1) is 0 Å². The molecule has 1 aromatic carbocycles. The summed E-state index contributed by atoms with van der Waals surface area (Å²) in [6, 6.07) is 8.81. The minimum Gasteiger partial charge on any atom is -0.327 e. The molecule has 1 nitrogen and oxygen atoms in total. The lowest BCUT2D eigenvalue weighted by Crippen LogP contribution is -2.37. The Labute approximate surface area is 129 Å². The molecule has 3 heteroatoms. The molecule has 2 N–H and O–H groups in total. The summed E-state index contributed by atoms with van der Waals surface area (Å²) in [7, 11) is 0. The molecule has 2 rings (SSSR count). The van der Waals surface area contributed by atoms with Crippen LogP contribution in [-0.2, 0) is 0 Å². The molecular weight excluding hydrogens is 318 g/mol. The number of benzene rings is 1. The van der Waals surface area contributed by atoms with E-state index in [-0.39, 0.29) is 0 Å². The lowest BCUT2D eigenvalue weighted by Gasteiger charge is -2.34. The van der Waals surface area contributed by atoms with Crippen molar-refractivity contribution in [2.75, 3.05) is 5.75 Å². The van der Waals surface area contributed by atoms with Crippen LogP contribution in [-0.4, -0.2) is 11.8 Å². The maximum atomic E-state index is 6.43. The molecule has 1 aliphatic carbocycles. The number of rotatable bonds is 4. The van der Waals surface area contributed by atoms with Gasteiger partial charge in [0.2, 0.25) is 0 Å². The average Bonchev–Trinajstić information content (AvgIpc) is 2.35. The first-order valence-corrected chi connectivity index (χ1v) is 8.96. The highest BCUT2D eigenvalue weighted by Gasteiger charge is 2.28. The zero-order valence-electron chi connectivity index (χ0n) is 11.8. The molecule has 19 heavy (non-hydrogen) atoms. The number of nitrogens with two attached hydrogens (primary N) is 1. The van der Waals surface area contributed by atoms with Gasteiger partial charge in [0.1, 0.15) is 0 Å². The summed E-state index contributed by atoms with van der Waals surface area (Å²) < 4.78 is 1.14. The highest BCUT2D eigenvalue weighted by atomic mass is 79.9. The van der Waals surface area contributed by atoms with Gasteiger partial charge in [0.15, 0.2) is 0 Å². The smallest absolute Gasteiger partial charge is 0.0186 e. The summed E-state index contributed by atoms with van der Waals surface area (Å²) in [5.74, 6) is 3.42. The quantitative estimate of drug-likeness (QED) is 0.784. The molecule has 0 aliphatic heterocycles. The monoisotopic (exact) mass is 341 g/mol. The molecular formula is C16H24BrNS. The zero-order valence-corrected chi connectivity index (χ0v) is 14.2.